The minimum atomic E-state index is 1.05. The van der Waals surface area contributed by atoms with Gasteiger partial charge in [0, 0.05) is 22.5 Å². The molecule has 0 atom stereocenters. The second kappa shape index (κ2) is 5.78. The van der Waals surface area contributed by atoms with E-state index in [0.717, 1.165) is 16.7 Å². The number of anilines is 1. The summed E-state index contributed by atoms with van der Waals surface area (Å²) in [6, 6.07) is 12.7. The first-order valence-electron chi connectivity index (χ1n) is 7.02. The van der Waals surface area contributed by atoms with Crippen molar-refractivity contribution in [2.24, 2.45) is 4.99 Å². The Morgan fingerprint density at radius 1 is 1.14 bits per heavy atom. The van der Waals surface area contributed by atoms with Crippen molar-refractivity contribution in [2.45, 2.75) is 23.6 Å². The molecule has 21 heavy (non-hydrogen) atoms. The van der Waals surface area contributed by atoms with Gasteiger partial charge < -0.3 is 5.32 Å². The van der Waals surface area contributed by atoms with Gasteiger partial charge in [-0.15, -0.1) is 0 Å². The lowest BCUT2D eigenvalue weighted by Gasteiger charge is -2.13. The van der Waals surface area contributed by atoms with E-state index in [1.807, 2.05) is 7.05 Å². The van der Waals surface area contributed by atoms with Gasteiger partial charge in [-0.3, -0.25) is 0 Å². The van der Waals surface area contributed by atoms with Gasteiger partial charge in [-0.1, -0.05) is 35.6 Å². The Hall–Kier alpha value is -2.00. The van der Waals surface area contributed by atoms with E-state index in [9.17, 15) is 0 Å². The predicted octanol–water partition coefficient (Wildman–Crippen LogP) is 3.89. The second-order valence-corrected chi connectivity index (χ2v) is 6.13. The largest absolute Gasteiger partial charge is 0.388 e. The molecular weight excluding hydrogens is 276 g/mol. The molecule has 0 unspecified atom stereocenters. The van der Waals surface area contributed by atoms with Gasteiger partial charge in [0.2, 0.25) is 0 Å². The van der Waals surface area contributed by atoms with Gasteiger partial charge in [-0.25, -0.2) is 4.99 Å². The average molecular weight is 294 g/mol. The van der Waals surface area contributed by atoms with Crippen LogP contribution in [0, 0.1) is 0 Å². The molecule has 0 amide bonds. The van der Waals surface area contributed by atoms with Crippen LogP contribution in [-0.2, 0) is 0 Å². The van der Waals surface area contributed by atoms with Gasteiger partial charge in [0.15, 0.2) is 0 Å². The molecule has 2 nitrogen and oxygen atoms in total. The summed E-state index contributed by atoms with van der Waals surface area (Å²) in [5.41, 5.74) is 3.44. The van der Waals surface area contributed by atoms with Gasteiger partial charge >= 0.3 is 0 Å². The zero-order valence-corrected chi connectivity index (χ0v) is 13.3. The molecule has 2 aromatic rings. The molecule has 0 aliphatic carbocycles. The van der Waals surface area contributed by atoms with E-state index in [-0.39, 0.29) is 0 Å². The first-order chi connectivity index (χ1) is 10.2. The number of nitrogens with zero attached hydrogens (tertiary/aromatic N) is 1. The normalized spacial score (nSPS) is 14.2. The SMILES string of the molecule is C/C=C(C)/C=c1/ccc2c(c1)Sc1cc(NC)ccc1N=2. The lowest BCUT2D eigenvalue weighted by molar-refractivity contribution is 1.16. The summed E-state index contributed by atoms with van der Waals surface area (Å²) in [4.78, 5) is 7.17. The third kappa shape index (κ3) is 2.88. The highest BCUT2D eigenvalue weighted by atomic mass is 32.2. The van der Waals surface area contributed by atoms with Gasteiger partial charge in [0.1, 0.15) is 0 Å². The molecule has 106 valence electrons. The van der Waals surface area contributed by atoms with Crippen molar-refractivity contribution in [1.82, 2.24) is 0 Å². The number of allylic oxidation sites excluding steroid dienone is 2. The number of hydrogen-bond acceptors (Lipinski definition) is 3. The zero-order chi connectivity index (χ0) is 14.8. The lowest BCUT2D eigenvalue weighted by atomic mass is 10.2. The van der Waals surface area contributed by atoms with Crippen LogP contribution in [0.4, 0.5) is 11.4 Å². The first-order valence-corrected chi connectivity index (χ1v) is 7.84. The monoisotopic (exact) mass is 294 g/mol. The maximum absolute atomic E-state index is 4.75. The number of fused-ring (bicyclic) bond motifs is 2. The van der Waals surface area contributed by atoms with Crippen molar-refractivity contribution in [3.63, 3.8) is 0 Å². The topological polar surface area (TPSA) is 24.4 Å². The fourth-order valence-corrected chi connectivity index (χ4v) is 3.29. The molecule has 0 saturated heterocycles. The third-order valence-electron chi connectivity index (χ3n) is 3.54. The summed E-state index contributed by atoms with van der Waals surface area (Å²) in [6.07, 6.45) is 4.31. The molecule has 0 spiro atoms. The Bertz CT molecular complexity index is 835. The fraction of sp³-hybridized carbons (Fsp3) is 0.167. The van der Waals surface area contributed by atoms with Crippen molar-refractivity contribution < 1.29 is 0 Å². The average Bonchev–Trinajstić information content (AvgIpc) is 2.52. The molecule has 3 rings (SSSR count). The van der Waals surface area contributed by atoms with E-state index >= 15 is 0 Å². The van der Waals surface area contributed by atoms with E-state index in [1.54, 1.807) is 11.8 Å². The highest BCUT2D eigenvalue weighted by molar-refractivity contribution is 7.99. The first kappa shape index (κ1) is 14.0. The smallest absolute Gasteiger partial charge is 0.0778 e. The van der Waals surface area contributed by atoms with Gasteiger partial charge in [-0.2, -0.15) is 0 Å². The molecule has 2 aromatic carbocycles. The Labute approximate surface area is 129 Å². The molecule has 1 heterocycles. The van der Waals surface area contributed by atoms with Crippen LogP contribution in [0.25, 0.3) is 6.08 Å². The van der Waals surface area contributed by atoms with Gasteiger partial charge in [0.05, 0.1) is 11.0 Å². The number of nitrogens with one attached hydrogen (secondary N) is 1. The molecule has 1 N–H and O–H groups in total. The molecule has 0 aromatic heterocycles. The summed E-state index contributed by atoms with van der Waals surface area (Å²) < 4.78 is 0. The molecular formula is C18H18N2S. The highest BCUT2D eigenvalue weighted by Gasteiger charge is 2.11. The molecule has 1 aliphatic rings. The Kier molecular flexibility index (Phi) is 3.84. The number of rotatable bonds is 2. The van der Waals surface area contributed by atoms with Crippen LogP contribution in [-0.4, -0.2) is 7.05 Å². The quantitative estimate of drug-likeness (QED) is 0.775. The van der Waals surface area contributed by atoms with Crippen LogP contribution >= 0.6 is 11.8 Å². The van der Waals surface area contributed by atoms with Crippen molar-refractivity contribution >= 4 is 29.2 Å². The van der Waals surface area contributed by atoms with Gasteiger partial charge in [0.25, 0.3) is 0 Å². The lowest BCUT2D eigenvalue weighted by Crippen LogP contribution is -2.13. The van der Waals surface area contributed by atoms with Crippen LogP contribution in [0.1, 0.15) is 13.8 Å². The maximum atomic E-state index is 4.75. The standard InChI is InChI=1S/C18H18N2S/c1-4-12(2)9-13-5-7-15-17(10-13)21-18-11-14(19-3)6-8-16(18)20-15/h4-11,19H,1-3H3/b12-4+,13-9-. The van der Waals surface area contributed by atoms with E-state index in [1.165, 1.54) is 20.6 Å². The van der Waals surface area contributed by atoms with Crippen molar-refractivity contribution in [3.8, 4) is 0 Å². The van der Waals surface area contributed by atoms with Crippen LogP contribution in [0.5, 0.6) is 0 Å². The van der Waals surface area contributed by atoms with E-state index < -0.39 is 0 Å². The predicted molar refractivity (Wildman–Crippen MR) is 90.9 cm³/mol. The van der Waals surface area contributed by atoms with Gasteiger partial charge in [-0.05, 0) is 49.4 Å². The minimum absolute atomic E-state index is 1.05. The summed E-state index contributed by atoms with van der Waals surface area (Å²) in [5, 5.41) is 5.46. The Balaban J connectivity index is 2.10. The van der Waals surface area contributed by atoms with Crippen molar-refractivity contribution in [3.05, 3.63) is 58.6 Å². The molecule has 1 aliphatic heterocycles. The third-order valence-corrected chi connectivity index (χ3v) is 4.64. The fourth-order valence-electron chi connectivity index (χ4n) is 2.23. The van der Waals surface area contributed by atoms with Crippen LogP contribution in [0.15, 0.2) is 62.8 Å². The second-order valence-electron chi connectivity index (χ2n) is 5.05. The summed E-state index contributed by atoms with van der Waals surface area (Å²) in [6.45, 7) is 4.18. The summed E-state index contributed by atoms with van der Waals surface area (Å²) in [7, 11) is 1.94. The Morgan fingerprint density at radius 2 is 2.00 bits per heavy atom. The Morgan fingerprint density at radius 3 is 2.76 bits per heavy atom. The highest BCUT2D eigenvalue weighted by Crippen LogP contribution is 2.37. The zero-order valence-electron chi connectivity index (χ0n) is 12.5. The molecule has 0 saturated carbocycles. The maximum Gasteiger partial charge on any atom is 0.0778 e. The summed E-state index contributed by atoms with van der Waals surface area (Å²) in [5.74, 6) is 0. The minimum Gasteiger partial charge on any atom is -0.388 e. The van der Waals surface area contributed by atoms with E-state index in [4.69, 9.17) is 4.99 Å². The summed E-state index contributed by atoms with van der Waals surface area (Å²) >= 11 is 1.79. The molecule has 0 radical (unpaired) electrons. The van der Waals surface area contributed by atoms with Crippen LogP contribution < -0.4 is 15.9 Å². The molecule has 3 heteroatoms. The number of benzene rings is 2. The number of hydrogen-bond donors (Lipinski definition) is 1. The van der Waals surface area contributed by atoms with Crippen molar-refractivity contribution in [2.75, 3.05) is 12.4 Å². The van der Waals surface area contributed by atoms with Crippen LogP contribution in [0.3, 0.4) is 0 Å². The van der Waals surface area contributed by atoms with E-state index in [2.05, 4.69) is 67.7 Å². The molecule has 0 bridgehead atoms. The van der Waals surface area contributed by atoms with Crippen molar-refractivity contribution in [1.29, 1.82) is 0 Å². The van der Waals surface area contributed by atoms with Crippen LogP contribution in [0.2, 0.25) is 0 Å². The molecule has 0 fully saturated rings. The van der Waals surface area contributed by atoms with E-state index in [0.29, 0.717) is 0 Å².